The predicted octanol–water partition coefficient (Wildman–Crippen LogP) is 2.85. The van der Waals surface area contributed by atoms with Crippen LogP contribution in [0.15, 0.2) is 18.2 Å². The lowest BCUT2D eigenvalue weighted by Gasteiger charge is -2.34. The lowest BCUT2D eigenvalue weighted by Crippen LogP contribution is -2.32. The van der Waals surface area contributed by atoms with E-state index in [4.69, 9.17) is 16.3 Å². The monoisotopic (exact) mass is 239 g/mol. The van der Waals surface area contributed by atoms with Crippen LogP contribution in [0.1, 0.15) is 23.6 Å². The molecule has 1 aliphatic heterocycles. The molecule has 0 bridgehead atoms. The summed E-state index contributed by atoms with van der Waals surface area (Å²) in [5, 5.41) is 0. The van der Waals surface area contributed by atoms with Gasteiger partial charge in [0.2, 0.25) is 0 Å². The molecule has 2 nitrogen and oxygen atoms in total. The second-order valence-corrected chi connectivity index (χ2v) is 4.67. The number of ether oxygens (including phenoxy) is 1. The van der Waals surface area contributed by atoms with Crippen molar-refractivity contribution in [2.75, 3.05) is 26.6 Å². The largest absolute Gasteiger partial charge is 0.497 e. The first-order chi connectivity index (χ1) is 7.76. The van der Waals surface area contributed by atoms with Crippen LogP contribution in [0.25, 0.3) is 0 Å². The Bertz CT molecular complexity index is 367. The zero-order valence-electron chi connectivity index (χ0n) is 9.87. The minimum absolute atomic E-state index is 0.465. The van der Waals surface area contributed by atoms with Gasteiger partial charge in [-0.15, -0.1) is 11.6 Å². The fraction of sp³-hybridized carbons (Fsp3) is 0.538. The summed E-state index contributed by atoms with van der Waals surface area (Å²) in [6, 6.07) is 6.84. The van der Waals surface area contributed by atoms with Crippen molar-refractivity contribution in [1.82, 2.24) is 4.90 Å². The highest BCUT2D eigenvalue weighted by molar-refractivity contribution is 6.17. The van der Waals surface area contributed by atoms with Crippen LogP contribution in [-0.2, 0) is 6.42 Å². The van der Waals surface area contributed by atoms with E-state index in [0.717, 1.165) is 25.1 Å². The lowest BCUT2D eigenvalue weighted by atomic mass is 9.91. The number of rotatable bonds is 3. The molecule has 1 unspecified atom stereocenters. The first-order valence-corrected chi connectivity index (χ1v) is 6.22. The molecule has 0 aromatic heterocycles. The minimum Gasteiger partial charge on any atom is -0.497 e. The van der Waals surface area contributed by atoms with Gasteiger partial charge in [0.1, 0.15) is 5.75 Å². The maximum atomic E-state index is 5.87. The van der Waals surface area contributed by atoms with E-state index in [2.05, 4.69) is 24.1 Å². The molecular weight excluding hydrogens is 222 g/mol. The number of alkyl halides is 1. The van der Waals surface area contributed by atoms with E-state index in [0.29, 0.717) is 11.9 Å². The first kappa shape index (κ1) is 11.7. The molecule has 0 saturated carbocycles. The summed E-state index contributed by atoms with van der Waals surface area (Å²) in [6.07, 6.45) is 2.11. The van der Waals surface area contributed by atoms with Crippen LogP contribution in [0, 0.1) is 0 Å². The van der Waals surface area contributed by atoms with Crippen LogP contribution in [0.2, 0.25) is 0 Å². The third-order valence-electron chi connectivity index (χ3n) is 3.36. The van der Waals surface area contributed by atoms with Crippen molar-refractivity contribution in [3.8, 4) is 5.75 Å². The molecule has 0 saturated heterocycles. The Labute approximate surface area is 102 Å². The summed E-state index contributed by atoms with van der Waals surface area (Å²) in [4.78, 5) is 2.39. The Morgan fingerprint density at radius 2 is 2.31 bits per heavy atom. The third kappa shape index (κ3) is 2.18. The molecule has 1 aromatic carbocycles. The van der Waals surface area contributed by atoms with E-state index < -0.39 is 0 Å². The van der Waals surface area contributed by atoms with Gasteiger partial charge in [0, 0.05) is 18.5 Å². The van der Waals surface area contributed by atoms with Gasteiger partial charge in [-0.1, -0.05) is 6.07 Å². The number of benzene rings is 1. The van der Waals surface area contributed by atoms with Crippen molar-refractivity contribution in [3.05, 3.63) is 29.3 Å². The standard InChI is InChI=1S/C13H18ClNO/c1-15-8-6-10-9-11(16-2)3-4-12(10)13(15)5-7-14/h3-4,9,13H,5-8H2,1-2H3. The van der Waals surface area contributed by atoms with Gasteiger partial charge in [-0.3, -0.25) is 4.90 Å². The maximum absolute atomic E-state index is 5.87. The highest BCUT2D eigenvalue weighted by atomic mass is 35.5. The average Bonchev–Trinajstić information content (AvgIpc) is 2.32. The fourth-order valence-electron chi connectivity index (χ4n) is 2.42. The molecule has 1 aromatic rings. The maximum Gasteiger partial charge on any atom is 0.119 e. The summed E-state index contributed by atoms with van der Waals surface area (Å²) in [5.41, 5.74) is 2.82. The summed E-state index contributed by atoms with van der Waals surface area (Å²) < 4.78 is 5.26. The Balaban J connectivity index is 2.32. The molecule has 0 fully saturated rings. The van der Waals surface area contributed by atoms with Crippen molar-refractivity contribution in [2.24, 2.45) is 0 Å². The number of hydrogen-bond acceptors (Lipinski definition) is 2. The molecule has 1 atom stereocenters. The topological polar surface area (TPSA) is 12.5 Å². The lowest BCUT2D eigenvalue weighted by molar-refractivity contribution is 0.225. The number of hydrogen-bond donors (Lipinski definition) is 0. The smallest absolute Gasteiger partial charge is 0.119 e. The molecule has 1 aliphatic rings. The predicted molar refractivity (Wildman–Crippen MR) is 67.4 cm³/mol. The van der Waals surface area contributed by atoms with Gasteiger partial charge < -0.3 is 4.74 Å². The quantitative estimate of drug-likeness (QED) is 0.753. The number of methoxy groups -OCH3 is 1. The van der Waals surface area contributed by atoms with Gasteiger partial charge in [-0.25, -0.2) is 0 Å². The van der Waals surface area contributed by atoms with Gasteiger partial charge in [0.25, 0.3) is 0 Å². The Kier molecular flexibility index (Phi) is 3.72. The van der Waals surface area contributed by atoms with Crippen LogP contribution >= 0.6 is 11.6 Å². The number of likely N-dealkylation sites (N-methyl/N-ethyl adjacent to an activating group) is 1. The molecular formula is C13H18ClNO. The van der Waals surface area contributed by atoms with Crippen LogP contribution < -0.4 is 4.74 Å². The second kappa shape index (κ2) is 5.07. The van der Waals surface area contributed by atoms with Gasteiger partial charge >= 0.3 is 0 Å². The molecule has 0 aliphatic carbocycles. The van der Waals surface area contributed by atoms with Crippen molar-refractivity contribution in [2.45, 2.75) is 18.9 Å². The van der Waals surface area contributed by atoms with Crippen molar-refractivity contribution in [1.29, 1.82) is 0 Å². The van der Waals surface area contributed by atoms with Gasteiger partial charge in [-0.2, -0.15) is 0 Å². The van der Waals surface area contributed by atoms with Crippen LogP contribution in [0.3, 0.4) is 0 Å². The Morgan fingerprint density at radius 1 is 1.50 bits per heavy atom. The summed E-state index contributed by atoms with van der Waals surface area (Å²) in [6.45, 7) is 1.10. The van der Waals surface area contributed by atoms with E-state index in [9.17, 15) is 0 Å². The van der Waals surface area contributed by atoms with Crippen LogP contribution in [-0.4, -0.2) is 31.5 Å². The molecule has 0 amide bonds. The van der Waals surface area contributed by atoms with E-state index in [1.54, 1.807) is 7.11 Å². The van der Waals surface area contributed by atoms with E-state index >= 15 is 0 Å². The molecule has 88 valence electrons. The molecule has 16 heavy (non-hydrogen) atoms. The van der Waals surface area contributed by atoms with Crippen LogP contribution in [0.4, 0.5) is 0 Å². The molecule has 2 rings (SSSR count). The van der Waals surface area contributed by atoms with Gasteiger partial charge in [0.15, 0.2) is 0 Å². The molecule has 1 heterocycles. The molecule has 3 heteroatoms. The summed E-state index contributed by atoms with van der Waals surface area (Å²) in [7, 11) is 3.89. The molecule has 0 spiro atoms. The van der Waals surface area contributed by atoms with E-state index in [-0.39, 0.29) is 0 Å². The fourth-order valence-corrected chi connectivity index (χ4v) is 2.63. The van der Waals surface area contributed by atoms with Crippen molar-refractivity contribution in [3.63, 3.8) is 0 Å². The summed E-state index contributed by atoms with van der Waals surface area (Å²) >= 11 is 5.87. The molecule has 0 N–H and O–H groups in total. The van der Waals surface area contributed by atoms with E-state index in [1.807, 2.05) is 6.07 Å². The zero-order valence-corrected chi connectivity index (χ0v) is 10.6. The third-order valence-corrected chi connectivity index (χ3v) is 3.58. The minimum atomic E-state index is 0.465. The second-order valence-electron chi connectivity index (χ2n) is 4.29. The van der Waals surface area contributed by atoms with Crippen molar-refractivity contribution >= 4 is 11.6 Å². The highest BCUT2D eigenvalue weighted by Gasteiger charge is 2.24. The Hall–Kier alpha value is -0.730. The first-order valence-electron chi connectivity index (χ1n) is 5.69. The normalized spacial score (nSPS) is 20.6. The zero-order chi connectivity index (χ0) is 11.5. The number of halogens is 1. The van der Waals surface area contributed by atoms with Gasteiger partial charge in [-0.05, 0) is 43.1 Å². The van der Waals surface area contributed by atoms with Gasteiger partial charge in [0.05, 0.1) is 7.11 Å². The molecule has 0 radical (unpaired) electrons. The van der Waals surface area contributed by atoms with E-state index in [1.165, 1.54) is 11.1 Å². The number of fused-ring (bicyclic) bond motifs is 1. The van der Waals surface area contributed by atoms with Crippen molar-refractivity contribution < 1.29 is 4.74 Å². The Morgan fingerprint density at radius 3 is 3.00 bits per heavy atom. The number of nitrogens with zero attached hydrogens (tertiary/aromatic N) is 1. The highest BCUT2D eigenvalue weighted by Crippen LogP contribution is 2.33. The SMILES string of the molecule is COc1ccc2c(c1)CCN(C)C2CCCl. The average molecular weight is 240 g/mol. The van der Waals surface area contributed by atoms with Crippen LogP contribution in [0.5, 0.6) is 5.75 Å². The summed E-state index contributed by atoms with van der Waals surface area (Å²) in [5.74, 6) is 1.66.